The molecule has 0 unspecified atom stereocenters. The maximum Gasteiger partial charge on any atom is 0.273 e. The van der Waals surface area contributed by atoms with Crippen LogP contribution >= 0.6 is 0 Å². The molecule has 0 saturated heterocycles. The van der Waals surface area contributed by atoms with Crippen LogP contribution < -0.4 is 10.9 Å². The van der Waals surface area contributed by atoms with Gasteiger partial charge in [-0.15, -0.1) is 0 Å². The molecule has 0 bridgehead atoms. The van der Waals surface area contributed by atoms with E-state index in [0.717, 1.165) is 22.9 Å². The quantitative estimate of drug-likeness (QED) is 0.634. The van der Waals surface area contributed by atoms with Gasteiger partial charge in [-0.1, -0.05) is 24.3 Å². The van der Waals surface area contributed by atoms with Crippen LogP contribution in [0.2, 0.25) is 0 Å². The van der Waals surface area contributed by atoms with Crippen LogP contribution in [0.1, 0.15) is 20.7 Å². The lowest BCUT2D eigenvalue weighted by Gasteiger charge is -2.09. The van der Waals surface area contributed by atoms with E-state index in [-0.39, 0.29) is 16.9 Å². The highest BCUT2D eigenvalue weighted by Crippen LogP contribution is 2.24. The summed E-state index contributed by atoms with van der Waals surface area (Å²) in [7, 11) is 0. The summed E-state index contributed by atoms with van der Waals surface area (Å²) in [6, 6.07) is 15.2. The number of amides is 2. The lowest BCUT2D eigenvalue weighted by molar-refractivity contribution is 0.0845. The minimum absolute atomic E-state index is 0.0353. The topological polar surface area (TPSA) is 78.4 Å². The maximum atomic E-state index is 12.8. The number of carbonyl (C=O) groups is 2. The molecule has 120 valence electrons. The van der Waals surface area contributed by atoms with Gasteiger partial charge in [-0.25, -0.2) is 4.39 Å². The van der Waals surface area contributed by atoms with Crippen molar-refractivity contribution in [3.8, 4) is 5.75 Å². The minimum atomic E-state index is -0.659. The third-order valence-electron chi connectivity index (χ3n) is 3.50. The van der Waals surface area contributed by atoms with E-state index in [1.807, 2.05) is 24.3 Å². The lowest BCUT2D eigenvalue weighted by atomic mass is 10.1. The molecular weight excluding hydrogens is 311 g/mol. The maximum absolute atomic E-state index is 12.8. The number of hydrazine groups is 1. The smallest absolute Gasteiger partial charge is 0.273 e. The Morgan fingerprint density at radius 2 is 1.42 bits per heavy atom. The average Bonchev–Trinajstić information content (AvgIpc) is 2.59. The van der Waals surface area contributed by atoms with Gasteiger partial charge < -0.3 is 5.11 Å². The number of phenolic OH excluding ortho intramolecular Hbond substituents is 1. The summed E-state index contributed by atoms with van der Waals surface area (Å²) in [5, 5.41) is 11.6. The molecule has 0 aromatic heterocycles. The van der Waals surface area contributed by atoms with Crippen LogP contribution in [0.25, 0.3) is 10.8 Å². The van der Waals surface area contributed by atoms with Gasteiger partial charge in [-0.05, 0) is 47.2 Å². The zero-order chi connectivity index (χ0) is 17.1. The van der Waals surface area contributed by atoms with E-state index in [9.17, 15) is 19.1 Å². The first-order valence-corrected chi connectivity index (χ1v) is 7.12. The number of fused-ring (bicyclic) bond motifs is 1. The Morgan fingerprint density at radius 3 is 2.08 bits per heavy atom. The fourth-order valence-electron chi connectivity index (χ4n) is 2.26. The van der Waals surface area contributed by atoms with Crippen LogP contribution in [0, 0.1) is 5.82 Å². The predicted molar refractivity (Wildman–Crippen MR) is 86.9 cm³/mol. The van der Waals surface area contributed by atoms with Gasteiger partial charge in [0.1, 0.15) is 11.6 Å². The summed E-state index contributed by atoms with van der Waals surface area (Å²) >= 11 is 0. The average molecular weight is 324 g/mol. The normalized spacial score (nSPS) is 10.4. The number of phenols is 1. The molecule has 0 heterocycles. The summed E-state index contributed by atoms with van der Waals surface area (Å²) in [6.07, 6.45) is 0. The Hall–Kier alpha value is -3.41. The summed E-state index contributed by atoms with van der Waals surface area (Å²) < 4.78 is 12.8. The summed E-state index contributed by atoms with van der Waals surface area (Å²) in [5.74, 6) is -1.91. The first-order valence-electron chi connectivity index (χ1n) is 7.12. The molecule has 0 radical (unpaired) electrons. The highest BCUT2D eigenvalue weighted by Gasteiger charge is 2.14. The zero-order valence-corrected chi connectivity index (χ0v) is 12.4. The number of nitrogens with one attached hydrogen (secondary N) is 2. The summed E-state index contributed by atoms with van der Waals surface area (Å²) in [5.41, 5.74) is 4.67. The molecule has 0 aliphatic heterocycles. The fraction of sp³-hybridized carbons (Fsp3) is 0. The SMILES string of the molecule is O=C(NNC(=O)c1cc2ccccc2cc1O)c1ccc(F)cc1. The molecule has 0 spiro atoms. The number of aromatic hydroxyl groups is 1. The number of hydrogen-bond donors (Lipinski definition) is 3. The number of carbonyl (C=O) groups excluding carboxylic acids is 2. The Kier molecular flexibility index (Phi) is 4.11. The molecule has 0 aliphatic rings. The number of benzene rings is 3. The van der Waals surface area contributed by atoms with Crippen molar-refractivity contribution in [1.82, 2.24) is 10.9 Å². The van der Waals surface area contributed by atoms with Gasteiger partial charge in [0.15, 0.2) is 0 Å². The molecule has 24 heavy (non-hydrogen) atoms. The van der Waals surface area contributed by atoms with E-state index in [2.05, 4.69) is 10.9 Å². The molecule has 3 rings (SSSR count). The second-order valence-corrected chi connectivity index (χ2v) is 5.13. The molecule has 2 amide bonds. The number of halogens is 1. The molecule has 0 saturated carbocycles. The highest BCUT2D eigenvalue weighted by molar-refractivity contribution is 6.03. The molecule has 0 aliphatic carbocycles. The Morgan fingerprint density at radius 1 is 0.833 bits per heavy atom. The van der Waals surface area contributed by atoms with Gasteiger partial charge in [0.2, 0.25) is 0 Å². The molecule has 0 fully saturated rings. The Balaban J connectivity index is 1.74. The molecular formula is C18H13FN2O3. The van der Waals surface area contributed by atoms with Crippen LogP contribution in [0.5, 0.6) is 5.75 Å². The van der Waals surface area contributed by atoms with Crippen molar-refractivity contribution < 1.29 is 19.1 Å². The van der Waals surface area contributed by atoms with Gasteiger partial charge in [0.05, 0.1) is 5.56 Å². The van der Waals surface area contributed by atoms with Gasteiger partial charge in [-0.3, -0.25) is 20.4 Å². The van der Waals surface area contributed by atoms with Crippen molar-refractivity contribution in [2.24, 2.45) is 0 Å². The predicted octanol–water partition coefficient (Wildman–Crippen LogP) is 2.76. The molecule has 5 nitrogen and oxygen atoms in total. The molecule has 6 heteroatoms. The van der Waals surface area contributed by atoms with Crippen molar-refractivity contribution in [1.29, 1.82) is 0 Å². The molecule has 3 aromatic rings. The van der Waals surface area contributed by atoms with E-state index in [0.29, 0.717) is 0 Å². The van der Waals surface area contributed by atoms with E-state index in [4.69, 9.17) is 0 Å². The lowest BCUT2D eigenvalue weighted by Crippen LogP contribution is -2.41. The largest absolute Gasteiger partial charge is 0.507 e. The third kappa shape index (κ3) is 3.17. The van der Waals surface area contributed by atoms with Crippen molar-refractivity contribution in [2.45, 2.75) is 0 Å². The van der Waals surface area contributed by atoms with E-state index in [1.165, 1.54) is 24.3 Å². The van der Waals surface area contributed by atoms with Crippen LogP contribution in [-0.2, 0) is 0 Å². The van der Waals surface area contributed by atoms with Gasteiger partial charge in [0, 0.05) is 5.56 Å². The molecule has 3 aromatic carbocycles. The van der Waals surface area contributed by atoms with Crippen LogP contribution in [0.15, 0.2) is 60.7 Å². The van der Waals surface area contributed by atoms with Gasteiger partial charge >= 0.3 is 0 Å². The second-order valence-electron chi connectivity index (χ2n) is 5.13. The number of hydrogen-bond acceptors (Lipinski definition) is 3. The first-order chi connectivity index (χ1) is 11.5. The minimum Gasteiger partial charge on any atom is -0.507 e. The monoisotopic (exact) mass is 324 g/mol. The Labute approximate surface area is 136 Å². The standard InChI is InChI=1S/C18H13FN2O3/c19-14-7-5-11(6-8-14)17(23)20-21-18(24)15-9-12-3-1-2-4-13(12)10-16(15)22/h1-10,22H,(H,20,23)(H,21,24). The van der Waals surface area contributed by atoms with Crippen LogP contribution in [0.3, 0.4) is 0 Å². The second kappa shape index (κ2) is 6.37. The van der Waals surface area contributed by atoms with E-state index in [1.54, 1.807) is 0 Å². The Bertz CT molecular complexity index is 923. The number of rotatable bonds is 2. The zero-order valence-electron chi connectivity index (χ0n) is 12.4. The van der Waals surface area contributed by atoms with Crippen LogP contribution in [0.4, 0.5) is 4.39 Å². The van der Waals surface area contributed by atoms with Gasteiger partial charge in [0.25, 0.3) is 11.8 Å². The molecule has 3 N–H and O–H groups in total. The van der Waals surface area contributed by atoms with E-state index < -0.39 is 17.6 Å². The highest BCUT2D eigenvalue weighted by atomic mass is 19.1. The van der Waals surface area contributed by atoms with Gasteiger partial charge in [-0.2, -0.15) is 0 Å². The summed E-state index contributed by atoms with van der Waals surface area (Å²) in [6.45, 7) is 0. The van der Waals surface area contributed by atoms with Crippen molar-refractivity contribution in [2.75, 3.05) is 0 Å². The van der Waals surface area contributed by atoms with Crippen LogP contribution in [-0.4, -0.2) is 16.9 Å². The van der Waals surface area contributed by atoms with Crippen molar-refractivity contribution >= 4 is 22.6 Å². The van der Waals surface area contributed by atoms with E-state index >= 15 is 0 Å². The fourth-order valence-corrected chi connectivity index (χ4v) is 2.26. The van der Waals surface area contributed by atoms with Crippen molar-refractivity contribution in [3.63, 3.8) is 0 Å². The first kappa shape index (κ1) is 15.5. The third-order valence-corrected chi connectivity index (χ3v) is 3.50. The summed E-state index contributed by atoms with van der Waals surface area (Å²) in [4.78, 5) is 24.0. The molecule has 0 atom stereocenters. The van der Waals surface area contributed by atoms with Crippen molar-refractivity contribution in [3.05, 3.63) is 77.6 Å².